The van der Waals surface area contributed by atoms with Gasteiger partial charge in [0.15, 0.2) is 12.6 Å². The minimum Gasteiger partial charge on any atom is -0.353 e. The lowest BCUT2D eigenvalue weighted by molar-refractivity contribution is -0.231. The predicted octanol–water partition coefficient (Wildman–Crippen LogP) is 3.33. The molecule has 0 spiro atoms. The van der Waals surface area contributed by atoms with Gasteiger partial charge in [0.05, 0.1) is 0 Å². The van der Waals surface area contributed by atoms with Crippen molar-refractivity contribution in [3.63, 3.8) is 0 Å². The van der Waals surface area contributed by atoms with E-state index in [0.29, 0.717) is 0 Å². The van der Waals surface area contributed by atoms with Crippen LogP contribution in [0.2, 0.25) is 0 Å². The van der Waals surface area contributed by atoms with Gasteiger partial charge in [-0.25, -0.2) is 0 Å². The van der Waals surface area contributed by atoms with Crippen molar-refractivity contribution in [3.8, 4) is 0 Å². The lowest BCUT2D eigenvalue weighted by Gasteiger charge is -2.19. The van der Waals surface area contributed by atoms with Crippen LogP contribution in [0, 0.1) is 0 Å². The summed E-state index contributed by atoms with van der Waals surface area (Å²) in [6, 6.07) is 0. The number of unbranched alkanes of at least 4 members (excludes halogenated alkanes) is 2. The highest BCUT2D eigenvalue weighted by molar-refractivity contribution is 4.39. The molecular formula is C12H26O3. The Kier molecular flexibility index (Phi) is 10.3. The smallest absolute Gasteiger partial charge is 0.157 e. The summed E-state index contributed by atoms with van der Waals surface area (Å²) in [6.07, 6.45) is 4.11. The minimum absolute atomic E-state index is 0.173. The second kappa shape index (κ2) is 10.4. The molecule has 2 atom stereocenters. The van der Waals surface area contributed by atoms with Gasteiger partial charge in [-0.2, -0.15) is 0 Å². The maximum atomic E-state index is 5.50. The van der Waals surface area contributed by atoms with E-state index in [1.54, 1.807) is 0 Å². The number of hydrogen-bond donors (Lipinski definition) is 0. The summed E-state index contributed by atoms with van der Waals surface area (Å²) in [4.78, 5) is 0. The van der Waals surface area contributed by atoms with Crippen molar-refractivity contribution < 1.29 is 14.2 Å². The molecule has 2 unspecified atom stereocenters. The molecule has 0 aliphatic carbocycles. The second-order valence-corrected chi connectivity index (χ2v) is 3.72. The van der Waals surface area contributed by atoms with Crippen LogP contribution in [0.1, 0.15) is 53.4 Å². The molecule has 0 saturated heterocycles. The number of rotatable bonds is 10. The fourth-order valence-electron chi connectivity index (χ4n) is 1.14. The zero-order valence-corrected chi connectivity index (χ0v) is 10.6. The molecular weight excluding hydrogens is 192 g/mol. The summed E-state index contributed by atoms with van der Waals surface area (Å²) in [5.41, 5.74) is 0. The Morgan fingerprint density at radius 3 is 1.53 bits per heavy atom. The molecule has 0 amide bonds. The Balaban J connectivity index is 3.35. The molecule has 0 aliphatic heterocycles. The van der Waals surface area contributed by atoms with Crippen LogP contribution >= 0.6 is 0 Å². The molecule has 0 aromatic rings. The molecule has 3 heteroatoms. The van der Waals surface area contributed by atoms with Gasteiger partial charge in [0.25, 0.3) is 0 Å². The van der Waals surface area contributed by atoms with E-state index in [4.69, 9.17) is 14.2 Å². The lowest BCUT2D eigenvalue weighted by atomic mass is 10.4. The first kappa shape index (κ1) is 14.9. The molecule has 0 heterocycles. The van der Waals surface area contributed by atoms with Crippen LogP contribution in [0.5, 0.6) is 0 Å². The van der Waals surface area contributed by atoms with E-state index in [9.17, 15) is 0 Å². The van der Waals surface area contributed by atoms with Crippen LogP contribution in [-0.2, 0) is 14.2 Å². The van der Waals surface area contributed by atoms with Crippen LogP contribution in [-0.4, -0.2) is 25.8 Å². The Hall–Kier alpha value is -0.120. The van der Waals surface area contributed by atoms with E-state index in [0.717, 1.165) is 38.9 Å². The van der Waals surface area contributed by atoms with Gasteiger partial charge in [0.1, 0.15) is 0 Å². The van der Waals surface area contributed by atoms with Gasteiger partial charge in [-0.1, -0.05) is 26.7 Å². The normalized spacial score (nSPS) is 15.2. The van der Waals surface area contributed by atoms with Crippen molar-refractivity contribution in [1.82, 2.24) is 0 Å². The van der Waals surface area contributed by atoms with Crippen molar-refractivity contribution in [3.05, 3.63) is 0 Å². The molecule has 0 radical (unpaired) electrons. The molecule has 15 heavy (non-hydrogen) atoms. The Labute approximate surface area is 94.1 Å². The third-order valence-electron chi connectivity index (χ3n) is 2.08. The Morgan fingerprint density at radius 2 is 1.20 bits per heavy atom. The van der Waals surface area contributed by atoms with Gasteiger partial charge in [0.2, 0.25) is 0 Å². The molecule has 0 rings (SSSR count). The molecule has 0 aromatic carbocycles. The summed E-state index contributed by atoms with van der Waals surface area (Å²) in [7, 11) is 0. The maximum Gasteiger partial charge on any atom is 0.157 e. The topological polar surface area (TPSA) is 27.7 Å². The van der Waals surface area contributed by atoms with Gasteiger partial charge in [-0.3, -0.25) is 0 Å². The molecule has 92 valence electrons. The first-order chi connectivity index (χ1) is 7.20. The highest BCUT2D eigenvalue weighted by atomic mass is 16.8. The van der Waals surface area contributed by atoms with E-state index < -0.39 is 0 Å². The first-order valence-electron chi connectivity index (χ1n) is 6.09. The molecule has 0 saturated carbocycles. The van der Waals surface area contributed by atoms with E-state index >= 15 is 0 Å². The highest BCUT2D eigenvalue weighted by Gasteiger charge is 2.08. The van der Waals surface area contributed by atoms with Gasteiger partial charge in [0, 0.05) is 13.2 Å². The molecule has 0 fully saturated rings. The van der Waals surface area contributed by atoms with Gasteiger partial charge >= 0.3 is 0 Å². The van der Waals surface area contributed by atoms with Gasteiger partial charge in [-0.05, 0) is 26.7 Å². The molecule has 3 nitrogen and oxygen atoms in total. The van der Waals surface area contributed by atoms with Crippen molar-refractivity contribution in [2.24, 2.45) is 0 Å². The van der Waals surface area contributed by atoms with Crippen molar-refractivity contribution in [2.75, 3.05) is 13.2 Å². The third-order valence-corrected chi connectivity index (χ3v) is 2.08. The quantitative estimate of drug-likeness (QED) is 0.416. The molecule has 0 aromatic heterocycles. The van der Waals surface area contributed by atoms with Crippen molar-refractivity contribution in [1.29, 1.82) is 0 Å². The van der Waals surface area contributed by atoms with E-state index in [-0.39, 0.29) is 12.6 Å². The largest absolute Gasteiger partial charge is 0.353 e. The fourth-order valence-corrected chi connectivity index (χ4v) is 1.14. The predicted molar refractivity (Wildman–Crippen MR) is 61.7 cm³/mol. The molecule has 0 aliphatic rings. The molecule has 0 bridgehead atoms. The monoisotopic (exact) mass is 218 g/mol. The summed E-state index contributed by atoms with van der Waals surface area (Å²) >= 11 is 0. The maximum absolute atomic E-state index is 5.50. The van der Waals surface area contributed by atoms with E-state index in [1.165, 1.54) is 0 Å². The summed E-state index contributed by atoms with van der Waals surface area (Å²) in [6.45, 7) is 9.64. The zero-order valence-electron chi connectivity index (χ0n) is 10.6. The third kappa shape index (κ3) is 10.2. The SMILES string of the molecule is CCCCOC(C)OC(C)OCCCC. The van der Waals surface area contributed by atoms with Crippen LogP contribution in [0.3, 0.4) is 0 Å². The summed E-state index contributed by atoms with van der Waals surface area (Å²) in [5, 5.41) is 0. The second-order valence-electron chi connectivity index (χ2n) is 3.72. The minimum atomic E-state index is -0.173. The average molecular weight is 218 g/mol. The van der Waals surface area contributed by atoms with Gasteiger partial charge < -0.3 is 14.2 Å². The highest BCUT2D eigenvalue weighted by Crippen LogP contribution is 2.03. The Morgan fingerprint density at radius 1 is 0.800 bits per heavy atom. The summed E-state index contributed by atoms with van der Waals surface area (Å²) < 4.78 is 16.4. The van der Waals surface area contributed by atoms with Crippen LogP contribution in [0.25, 0.3) is 0 Å². The lowest BCUT2D eigenvalue weighted by Crippen LogP contribution is -2.23. The average Bonchev–Trinajstić information content (AvgIpc) is 2.18. The summed E-state index contributed by atoms with van der Waals surface area (Å²) in [5.74, 6) is 0. The van der Waals surface area contributed by atoms with Gasteiger partial charge in [-0.15, -0.1) is 0 Å². The first-order valence-corrected chi connectivity index (χ1v) is 6.09. The molecule has 0 N–H and O–H groups in total. The van der Waals surface area contributed by atoms with E-state index in [1.807, 2.05) is 13.8 Å². The van der Waals surface area contributed by atoms with Crippen molar-refractivity contribution in [2.45, 2.75) is 66.0 Å². The van der Waals surface area contributed by atoms with Crippen molar-refractivity contribution >= 4 is 0 Å². The number of hydrogen-bond acceptors (Lipinski definition) is 3. The van der Waals surface area contributed by atoms with Crippen LogP contribution in [0.15, 0.2) is 0 Å². The van der Waals surface area contributed by atoms with Crippen LogP contribution in [0.4, 0.5) is 0 Å². The number of ether oxygens (including phenoxy) is 3. The Bertz CT molecular complexity index is 114. The standard InChI is InChI=1S/C12H26O3/c1-5-7-9-13-11(3)15-12(4)14-10-8-6-2/h11-12H,5-10H2,1-4H3. The van der Waals surface area contributed by atoms with E-state index in [2.05, 4.69) is 13.8 Å². The zero-order chi connectivity index (χ0) is 11.5. The fraction of sp³-hybridized carbons (Fsp3) is 1.00. The van der Waals surface area contributed by atoms with Crippen LogP contribution < -0.4 is 0 Å².